The Labute approximate surface area is 129 Å². The SMILES string of the molecule is CC(C)NCc1cnccc1N1CCC[C@H]2CCCC[C@H]21. The van der Waals surface area contributed by atoms with Crippen molar-refractivity contribution in [3.8, 4) is 0 Å². The number of nitrogens with one attached hydrogen (secondary N) is 1. The van der Waals surface area contributed by atoms with Gasteiger partial charge in [0.25, 0.3) is 0 Å². The Bertz CT molecular complexity index is 456. The molecule has 0 amide bonds. The first kappa shape index (κ1) is 14.8. The van der Waals surface area contributed by atoms with Gasteiger partial charge in [-0.05, 0) is 37.7 Å². The second-order valence-electron chi connectivity index (χ2n) is 6.99. The Balaban J connectivity index is 1.81. The summed E-state index contributed by atoms with van der Waals surface area (Å²) in [4.78, 5) is 7.06. The number of anilines is 1. The van der Waals surface area contributed by atoms with Crippen molar-refractivity contribution in [2.24, 2.45) is 5.92 Å². The van der Waals surface area contributed by atoms with Crippen LogP contribution in [0.25, 0.3) is 0 Å². The highest BCUT2D eigenvalue weighted by atomic mass is 15.2. The van der Waals surface area contributed by atoms with E-state index < -0.39 is 0 Å². The summed E-state index contributed by atoms with van der Waals surface area (Å²) in [7, 11) is 0. The molecule has 1 N–H and O–H groups in total. The smallest absolute Gasteiger partial charge is 0.0445 e. The molecule has 0 unspecified atom stereocenters. The lowest BCUT2D eigenvalue weighted by Gasteiger charge is -2.46. The van der Waals surface area contributed by atoms with E-state index in [0.29, 0.717) is 6.04 Å². The molecule has 0 spiro atoms. The van der Waals surface area contributed by atoms with Crippen molar-refractivity contribution in [3.05, 3.63) is 24.0 Å². The van der Waals surface area contributed by atoms with Crippen molar-refractivity contribution in [2.75, 3.05) is 11.4 Å². The molecule has 1 saturated carbocycles. The fourth-order valence-corrected chi connectivity index (χ4v) is 4.07. The summed E-state index contributed by atoms with van der Waals surface area (Å²) >= 11 is 0. The lowest BCUT2D eigenvalue weighted by Crippen LogP contribution is -2.47. The number of fused-ring (bicyclic) bond motifs is 1. The lowest BCUT2D eigenvalue weighted by molar-refractivity contribution is 0.243. The molecular weight excluding hydrogens is 258 g/mol. The predicted molar refractivity (Wildman–Crippen MR) is 88.5 cm³/mol. The van der Waals surface area contributed by atoms with Crippen molar-refractivity contribution in [2.45, 2.75) is 71.0 Å². The zero-order valence-corrected chi connectivity index (χ0v) is 13.5. The summed E-state index contributed by atoms with van der Waals surface area (Å²) in [6.45, 7) is 6.55. The van der Waals surface area contributed by atoms with Gasteiger partial charge in [-0.3, -0.25) is 4.98 Å². The maximum absolute atomic E-state index is 4.36. The summed E-state index contributed by atoms with van der Waals surface area (Å²) in [6, 6.07) is 3.52. The van der Waals surface area contributed by atoms with Gasteiger partial charge in [-0.2, -0.15) is 0 Å². The second kappa shape index (κ2) is 6.78. The van der Waals surface area contributed by atoms with E-state index in [4.69, 9.17) is 0 Å². The molecule has 1 aromatic heterocycles. The molecule has 116 valence electrons. The summed E-state index contributed by atoms with van der Waals surface area (Å²) in [5.41, 5.74) is 2.78. The molecule has 3 heteroatoms. The van der Waals surface area contributed by atoms with E-state index in [1.165, 1.54) is 56.3 Å². The van der Waals surface area contributed by atoms with E-state index >= 15 is 0 Å². The van der Waals surface area contributed by atoms with E-state index in [-0.39, 0.29) is 0 Å². The molecule has 2 atom stereocenters. The van der Waals surface area contributed by atoms with Gasteiger partial charge in [-0.25, -0.2) is 0 Å². The number of hydrogen-bond donors (Lipinski definition) is 1. The van der Waals surface area contributed by atoms with Crippen LogP contribution in [0.1, 0.15) is 57.9 Å². The molecule has 2 fully saturated rings. The highest BCUT2D eigenvalue weighted by Gasteiger charge is 2.33. The first-order valence-electron chi connectivity index (χ1n) is 8.68. The Morgan fingerprint density at radius 3 is 2.90 bits per heavy atom. The topological polar surface area (TPSA) is 28.2 Å². The van der Waals surface area contributed by atoms with Crippen LogP contribution in [0, 0.1) is 5.92 Å². The summed E-state index contributed by atoms with van der Waals surface area (Å²) < 4.78 is 0. The number of nitrogens with zero attached hydrogens (tertiary/aromatic N) is 2. The van der Waals surface area contributed by atoms with Crippen LogP contribution in [-0.2, 0) is 6.54 Å². The Morgan fingerprint density at radius 2 is 2.05 bits per heavy atom. The van der Waals surface area contributed by atoms with Gasteiger partial charge in [0.2, 0.25) is 0 Å². The second-order valence-corrected chi connectivity index (χ2v) is 6.99. The van der Waals surface area contributed by atoms with Gasteiger partial charge in [0, 0.05) is 48.8 Å². The maximum Gasteiger partial charge on any atom is 0.0445 e. The maximum atomic E-state index is 4.36. The van der Waals surface area contributed by atoms with Gasteiger partial charge in [-0.1, -0.05) is 26.7 Å². The van der Waals surface area contributed by atoms with E-state index in [1.54, 1.807) is 0 Å². The van der Waals surface area contributed by atoms with E-state index in [2.05, 4.69) is 41.3 Å². The minimum atomic E-state index is 0.516. The average molecular weight is 287 g/mol. The third kappa shape index (κ3) is 3.39. The minimum Gasteiger partial charge on any atom is -0.368 e. The third-order valence-corrected chi connectivity index (χ3v) is 5.13. The molecule has 1 aliphatic carbocycles. The number of hydrogen-bond acceptors (Lipinski definition) is 3. The van der Waals surface area contributed by atoms with Gasteiger partial charge < -0.3 is 10.2 Å². The highest BCUT2D eigenvalue weighted by molar-refractivity contribution is 5.53. The first-order valence-corrected chi connectivity index (χ1v) is 8.68. The molecule has 0 radical (unpaired) electrons. The van der Waals surface area contributed by atoms with Crippen LogP contribution >= 0.6 is 0 Å². The number of pyridine rings is 1. The number of aromatic nitrogens is 1. The number of rotatable bonds is 4. The summed E-state index contributed by atoms with van der Waals surface area (Å²) in [6.07, 6.45) is 12.5. The van der Waals surface area contributed by atoms with Crippen molar-refractivity contribution in [3.63, 3.8) is 0 Å². The largest absolute Gasteiger partial charge is 0.368 e. The predicted octanol–water partition coefficient (Wildman–Crippen LogP) is 3.74. The highest BCUT2D eigenvalue weighted by Crippen LogP contribution is 2.38. The Hall–Kier alpha value is -1.09. The molecule has 2 aliphatic rings. The molecule has 1 aromatic rings. The Morgan fingerprint density at radius 1 is 1.24 bits per heavy atom. The van der Waals surface area contributed by atoms with Gasteiger partial charge in [0.1, 0.15) is 0 Å². The molecule has 3 rings (SSSR count). The molecule has 0 aromatic carbocycles. The molecule has 0 bridgehead atoms. The van der Waals surface area contributed by atoms with Crippen LogP contribution in [0.4, 0.5) is 5.69 Å². The fourth-order valence-electron chi connectivity index (χ4n) is 4.07. The van der Waals surface area contributed by atoms with Gasteiger partial charge >= 0.3 is 0 Å². The monoisotopic (exact) mass is 287 g/mol. The zero-order valence-electron chi connectivity index (χ0n) is 13.5. The lowest BCUT2D eigenvalue weighted by atomic mass is 9.78. The third-order valence-electron chi connectivity index (χ3n) is 5.13. The van der Waals surface area contributed by atoms with Gasteiger partial charge in [0.15, 0.2) is 0 Å². The fraction of sp³-hybridized carbons (Fsp3) is 0.722. The van der Waals surface area contributed by atoms with Crippen LogP contribution in [0.2, 0.25) is 0 Å². The summed E-state index contributed by atoms with van der Waals surface area (Å²) in [5.74, 6) is 0.923. The average Bonchev–Trinajstić information content (AvgIpc) is 2.53. The van der Waals surface area contributed by atoms with E-state index in [1.807, 2.05) is 6.20 Å². The van der Waals surface area contributed by atoms with Crippen LogP contribution in [-0.4, -0.2) is 23.6 Å². The van der Waals surface area contributed by atoms with Gasteiger partial charge in [-0.15, -0.1) is 0 Å². The first-order chi connectivity index (χ1) is 10.3. The van der Waals surface area contributed by atoms with Crippen molar-refractivity contribution in [1.29, 1.82) is 0 Å². The quantitative estimate of drug-likeness (QED) is 0.914. The molecular formula is C18H29N3. The van der Waals surface area contributed by atoms with Gasteiger partial charge in [0.05, 0.1) is 0 Å². The number of piperidine rings is 1. The normalized spacial score (nSPS) is 26.0. The molecule has 1 aliphatic heterocycles. The van der Waals surface area contributed by atoms with Crippen LogP contribution < -0.4 is 10.2 Å². The summed E-state index contributed by atoms with van der Waals surface area (Å²) in [5, 5.41) is 3.55. The van der Waals surface area contributed by atoms with Crippen molar-refractivity contribution in [1.82, 2.24) is 10.3 Å². The van der Waals surface area contributed by atoms with Crippen molar-refractivity contribution >= 4 is 5.69 Å². The van der Waals surface area contributed by atoms with E-state index in [0.717, 1.165) is 18.5 Å². The standard InChI is InChI=1S/C18H29N3/c1-14(2)20-13-16-12-19-10-9-18(16)21-11-5-7-15-6-3-4-8-17(15)21/h9-10,12,14-15,17,20H,3-8,11,13H2,1-2H3/t15-,17-/m1/s1. The molecule has 3 nitrogen and oxygen atoms in total. The van der Waals surface area contributed by atoms with Crippen LogP contribution in [0.3, 0.4) is 0 Å². The van der Waals surface area contributed by atoms with Crippen LogP contribution in [0.5, 0.6) is 0 Å². The zero-order chi connectivity index (χ0) is 14.7. The molecule has 1 saturated heterocycles. The Kier molecular flexibility index (Phi) is 4.79. The van der Waals surface area contributed by atoms with E-state index in [9.17, 15) is 0 Å². The van der Waals surface area contributed by atoms with Crippen molar-refractivity contribution < 1.29 is 0 Å². The minimum absolute atomic E-state index is 0.516. The van der Waals surface area contributed by atoms with Crippen LogP contribution in [0.15, 0.2) is 18.5 Å². The molecule has 2 heterocycles. The molecule has 21 heavy (non-hydrogen) atoms.